The summed E-state index contributed by atoms with van der Waals surface area (Å²) >= 11 is 0. The van der Waals surface area contributed by atoms with Crippen LogP contribution < -0.4 is 0 Å². The Hall–Kier alpha value is -6.59. The number of benzene rings is 6. The Morgan fingerprint density at radius 3 is 1.88 bits per heavy atom. The van der Waals surface area contributed by atoms with Crippen molar-refractivity contribution in [2.75, 3.05) is 0 Å². The lowest BCUT2D eigenvalue weighted by molar-refractivity contribution is 0.669. The number of hydrogen-bond donors (Lipinski definition) is 0. The number of para-hydroxylation sites is 2. The molecule has 0 N–H and O–H groups in total. The first-order valence-corrected chi connectivity index (χ1v) is 16.9. The van der Waals surface area contributed by atoms with Gasteiger partial charge in [-0.3, -0.25) is 0 Å². The van der Waals surface area contributed by atoms with Gasteiger partial charge in [-0.1, -0.05) is 115 Å². The van der Waals surface area contributed by atoms with E-state index in [0.717, 1.165) is 90.1 Å². The maximum absolute atomic E-state index is 6.52. The fourth-order valence-corrected chi connectivity index (χ4v) is 7.08. The molecule has 0 bridgehead atoms. The smallest absolute Gasteiger partial charge is 0.164 e. The van der Waals surface area contributed by atoms with E-state index in [1.54, 1.807) is 0 Å². The SMILES string of the molecule is C1=CC(c2nc(-c3ccc(-c4ccccc4)cc3)nc(-c3cc(-c4ccc5oc6ccccc6c5c4)cc4oc5ccccc5c34)n2)=CCC1. The molecule has 5 nitrogen and oxygen atoms in total. The van der Waals surface area contributed by atoms with Crippen molar-refractivity contribution in [1.82, 2.24) is 15.0 Å². The van der Waals surface area contributed by atoms with Crippen LogP contribution in [0.1, 0.15) is 18.7 Å². The fraction of sp³-hybridized carbons (Fsp3) is 0.0444. The minimum absolute atomic E-state index is 0.602. The van der Waals surface area contributed by atoms with E-state index in [1.165, 1.54) is 5.56 Å². The molecule has 0 amide bonds. The standard InChI is InChI=1S/C45H29N3O2/c1-3-11-28(12-4-1)29-19-21-31(22-20-29)44-46-43(30-13-5-2-6-14-30)47-45(48-44)37-26-33(27-41-42(37)35-16-8-10-18-39(35)50-41)32-23-24-40-36(25-32)34-15-7-9-17-38(34)49-40/h1,3-5,7-27H,2,6H2. The highest BCUT2D eigenvalue weighted by molar-refractivity contribution is 6.13. The molecule has 0 saturated heterocycles. The van der Waals surface area contributed by atoms with Crippen LogP contribution in [0, 0.1) is 0 Å². The molecule has 1 aliphatic carbocycles. The Balaban J connectivity index is 1.20. The number of fused-ring (bicyclic) bond motifs is 6. The molecule has 6 aromatic carbocycles. The minimum Gasteiger partial charge on any atom is -0.456 e. The van der Waals surface area contributed by atoms with E-state index in [-0.39, 0.29) is 0 Å². The third-order valence-electron chi connectivity index (χ3n) is 9.57. The van der Waals surface area contributed by atoms with E-state index in [0.29, 0.717) is 17.5 Å². The normalized spacial score (nSPS) is 13.1. The van der Waals surface area contributed by atoms with Gasteiger partial charge in [0.25, 0.3) is 0 Å². The summed E-state index contributed by atoms with van der Waals surface area (Å²) in [6.07, 6.45) is 8.48. The monoisotopic (exact) mass is 643 g/mol. The van der Waals surface area contributed by atoms with Crippen LogP contribution in [-0.4, -0.2) is 15.0 Å². The van der Waals surface area contributed by atoms with Crippen molar-refractivity contribution in [2.24, 2.45) is 0 Å². The second-order valence-electron chi connectivity index (χ2n) is 12.7. The van der Waals surface area contributed by atoms with Crippen molar-refractivity contribution >= 4 is 49.5 Å². The summed E-state index contributed by atoms with van der Waals surface area (Å²) in [7, 11) is 0. The highest BCUT2D eigenvalue weighted by Gasteiger charge is 2.20. The van der Waals surface area contributed by atoms with Crippen LogP contribution >= 0.6 is 0 Å². The predicted molar refractivity (Wildman–Crippen MR) is 202 cm³/mol. The van der Waals surface area contributed by atoms with Crippen molar-refractivity contribution in [2.45, 2.75) is 12.8 Å². The Bertz CT molecular complexity index is 2810. The van der Waals surface area contributed by atoms with Gasteiger partial charge in [-0.15, -0.1) is 0 Å². The van der Waals surface area contributed by atoms with Gasteiger partial charge < -0.3 is 8.83 Å². The van der Waals surface area contributed by atoms with Crippen molar-refractivity contribution in [3.8, 4) is 45.0 Å². The predicted octanol–water partition coefficient (Wildman–Crippen LogP) is 12.1. The molecule has 1 aliphatic rings. The van der Waals surface area contributed by atoms with Crippen LogP contribution in [0.4, 0.5) is 0 Å². The highest BCUT2D eigenvalue weighted by atomic mass is 16.3. The van der Waals surface area contributed by atoms with Crippen LogP contribution in [-0.2, 0) is 0 Å². The van der Waals surface area contributed by atoms with Crippen LogP contribution in [0.25, 0.3) is 94.5 Å². The molecular formula is C45H29N3O2. The van der Waals surface area contributed by atoms with Crippen LogP contribution in [0.5, 0.6) is 0 Å². The molecular weight excluding hydrogens is 615 g/mol. The quantitative estimate of drug-likeness (QED) is 0.187. The van der Waals surface area contributed by atoms with Crippen molar-refractivity contribution in [1.29, 1.82) is 0 Å². The molecule has 3 aromatic heterocycles. The number of aromatic nitrogens is 3. The Kier molecular flexibility index (Phi) is 6.56. The third-order valence-corrected chi connectivity index (χ3v) is 9.57. The maximum Gasteiger partial charge on any atom is 0.164 e. The Labute approximate surface area is 287 Å². The topological polar surface area (TPSA) is 65.0 Å². The average molecular weight is 644 g/mol. The van der Waals surface area contributed by atoms with E-state index >= 15 is 0 Å². The van der Waals surface area contributed by atoms with Gasteiger partial charge in [0.1, 0.15) is 22.3 Å². The summed E-state index contributed by atoms with van der Waals surface area (Å²) in [5, 5.41) is 4.17. The van der Waals surface area contributed by atoms with Gasteiger partial charge >= 0.3 is 0 Å². The van der Waals surface area contributed by atoms with Gasteiger partial charge in [0.05, 0.1) is 0 Å². The summed E-state index contributed by atoms with van der Waals surface area (Å²) in [5.41, 5.74) is 10.5. The summed E-state index contributed by atoms with van der Waals surface area (Å²) in [4.78, 5) is 15.4. The first-order valence-electron chi connectivity index (χ1n) is 16.9. The first-order chi connectivity index (χ1) is 24.7. The lowest BCUT2D eigenvalue weighted by atomic mass is 9.97. The zero-order valence-corrected chi connectivity index (χ0v) is 27.0. The van der Waals surface area contributed by atoms with Gasteiger partial charge in [0, 0.05) is 38.2 Å². The zero-order valence-electron chi connectivity index (χ0n) is 27.0. The summed E-state index contributed by atoms with van der Waals surface area (Å²) < 4.78 is 12.7. The Morgan fingerprint density at radius 1 is 0.420 bits per heavy atom. The van der Waals surface area contributed by atoms with Crippen molar-refractivity contribution < 1.29 is 8.83 Å². The second-order valence-corrected chi connectivity index (χ2v) is 12.7. The number of nitrogens with zero attached hydrogens (tertiary/aromatic N) is 3. The number of furan rings is 2. The second kappa shape index (κ2) is 11.5. The highest BCUT2D eigenvalue weighted by Crippen LogP contribution is 2.41. The van der Waals surface area contributed by atoms with Crippen molar-refractivity contribution in [3.63, 3.8) is 0 Å². The molecule has 236 valence electrons. The van der Waals surface area contributed by atoms with Gasteiger partial charge in [0.15, 0.2) is 17.5 Å². The molecule has 10 rings (SSSR count). The van der Waals surface area contributed by atoms with Crippen LogP contribution in [0.15, 0.2) is 161 Å². The van der Waals surface area contributed by atoms with Gasteiger partial charge in [-0.25, -0.2) is 15.0 Å². The van der Waals surface area contributed by atoms with Crippen LogP contribution in [0.2, 0.25) is 0 Å². The van der Waals surface area contributed by atoms with E-state index in [1.807, 2.05) is 48.5 Å². The molecule has 0 unspecified atom stereocenters. The van der Waals surface area contributed by atoms with Gasteiger partial charge in [-0.05, 0) is 71.5 Å². The van der Waals surface area contributed by atoms with E-state index in [9.17, 15) is 0 Å². The zero-order chi connectivity index (χ0) is 33.0. The molecule has 5 heteroatoms. The molecule has 0 aliphatic heterocycles. The molecule has 3 heterocycles. The molecule has 0 saturated carbocycles. The number of hydrogen-bond acceptors (Lipinski definition) is 5. The molecule has 0 spiro atoms. The fourth-order valence-electron chi connectivity index (χ4n) is 7.08. The lowest BCUT2D eigenvalue weighted by Crippen LogP contribution is -2.03. The summed E-state index contributed by atoms with van der Waals surface area (Å²) in [6.45, 7) is 0. The lowest BCUT2D eigenvalue weighted by Gasteiger charge is -2.12. The van der Waals surface area contributed by atoms with Gasteiger partial charge in [0.2, 0.25) is 0 Å². The molecule has 0 fully saturated rings. The van der Waals surface area contributed by atoms with Crippen LogP contribution in [0.3, 0.4) is 0 Å². The molecule has 9 aromatic rings. The largest absolute Gasteiger partial charge is 0.456 e. The van der Waals surface area contributed by atoms with E-state index < -0.39 is 0 Å². The minimum atomic E-state index is 0.602. The number of allylic oxidation sites excluding steroid dienone is 4. The molecule has 0 radical (unpaired) electrons. The summed E-state index contributed by atoms with van der Waals surface area (Å²) in [6, 6.07) is 45.8. The number of rotatable bonds is 5. The average Bonchev–Trinajstić information content (AvgIpc) is 3.76. The maximum atomic E-state index is 6.52. The molecule has 50 heavy (non-hydrogen) atoms. The molecule has 0 atom stereocenters. The third kappa shape index (κ3) is 4.82. The van der Waals surface area contributed by atoms with Gasteiger partial charge in [-0.2, -0.15) is 0 Å². The van der Waals surface area contributed by atoms with Crippen molar-refractivity contribution in [3.05, 3.63) is 158 Å². The Morgan fingerprint density at radius 2 is 1.06 bits per heavy atom. The van der Waals surface area contributed by atoms with E-state index in [2.05, 4.69) is 103 Å². The first kappa shape index (κ1) is 28.4. The van der Waals surface area contributed by atoms with E-state index in [4.69, 9.17) is 23.8 Å². The summed E-state index contributed by atoms with van der Waals surface area (Å²) in [5.74, 6) is 1.89.